The molecule has 2 nitrogen and oxygen atoms in total. The van der Waals surface area contributed by atoms with Crippen LogP contribution < -0.4 is 0 Å². The number of benzene rings is 1. The summed E-state index contributed by atoms with van der Waals surface area (Å²) in [7, 11) is 0. The van der Waals surface area contributed by atoms with Crippen molar-refractivity contribution in [2.24, 2.45) is 0 Å². The summed E-state index contributed by atoms with van der Waals surface area (Å²) in [5.41, 5.74) is 1.19. The summed E-state index contributed by atoms with van der Waals surface area (Å²) < 4.78 is 11.6. The predicted octanol–water partition coefficient (Wildman–Crippen LogP) is 8.26. The highest BCUT2D eigenvalue weighted by Gasteiger charge is 2.05. The molecule has 0 aliphatic heterocycles. The van der Waals surface area contributed by atoms with Gasteiger partial charge in [0.2, 0.25) is 0 Å². The van der Waals surface area contributed by atoms with Gasteiger partial charge in [-0.05, 0) is 12.0 Å². The average Bonchev–Trinajstić information content (AvgIpc) is 2.76. The Hall–Kier alpha value is -1.12. The standard InChI is InChI=1S/C27H46O2/c1-3-5-6-7-8-9-10-11-12-13-14-15-16-20-23-28-25-27(4-2)29-24-26-21-18-17-19-22-26/h4,17-19,21-22,27H,2-3,5-16,20,23-25H2,1H3. The van der Waals surface area contributed by atoms with Gasteiger partial charge in [-0.1, -0.05) is 127 Å². The normalized spacial score (nSPS) is 12.2. The van der Waals surface area contributed by atoms with Crippen molar-refractivity contribution in [2.75, 3.05) is 13.2 Å². The lowest BCUT2D eigenvalue weighted by Crippen LogP contribution is -2.17. The van der Waals surface area contributed by atoms with Crippen molar-refractivity contribution in [3.8, 4) is 0 Å². The summed E-state index contributed by atoms with van der Waals surface area (Å²) in [6.45, 7) is 8.19. The van der Waals surface area contributed by atoms with E-state index in [2.05, 4.69) is 25.6 Å². The van der Waals surface area contributed by atoms with Gasteiger partial charge in [-0.3, -0.25) is 0 Å². The Bertz CT molecular complexity index is 457. The van der Waals surface area contributed by atoms with Crippen LogP contribution >= 0.6 is 0 Å². The van der Waals surface area contributed by atoms with E-state index in [9.17, 15) is 0 Å². The quantitative estimate of drug-likeness (QED) is 0.152. The molecule has 0 saturated carbocycles. The highest BCUT2D eigenvalue weighted by Crippen LogP contribution is 2.13. The number of hydrogen-bond acceptors (Lipinski definition) is 2. The average molecular weight is 403 g/mol. The molecule has 0 radical (unpaired) electrons. The molecule has 0 bridgehead atoms. The molecule has 0 aliphatic carbocycles. The minimum atomic E-state index is -0.0261. The maximum atomic E-state index is 5.86. The molecule has 1 atom stereocenters. The number of unbranched alkanes of at least 4 members (excludes halogenated alkanes) is 13. The van der Waals surface area contributed by atoms with Gasteiger partial charge in [0.25, 0.3) is 0 Å². The number of rotatable bonds is 21. The second-order valence-electron chi connectivity index (χ2n) is 8.24. The van der Waals surface area contributed by atoms with Gasteiger partial charge in [0.15, 0.2) is 0 Å². The fourth-order valence-corrected chi connectivity index (χ4v) is 3.56. The second kappa shape index (κ2) is 20.2. The molecule has 0 fully saturated rings. The molecule has 0 spiro atoms. The second-order valence-corrected chi connectivity index (χ2v) is 8.24. The van der Waals surface area contributed by atoms with E-state index in [0.29, 0.717) is 13.2 Å². The van der Waals surface area contributed by atoms with Gasteiger partial charge >= 0.3 is 0 Å². The zero-order valence-electron chi connectivity index (χ0n) is 19.1. The summed E-state index contributed by atoms with van der Waals surface area (Å²) in [5, 5.41) is 0. The molecule has 0 N–H and O–H groups in total. The molecule has 0 aliphatic rings. The smallest absolute Gasteiger partial charge is 0.0991 e. The Kier molecular flexibility index (Phi) is 18.0. The Morgan fingerprint density at radius 2 is 1.28 bits per heavy atom. The largest absolute Gasteiger partial charge is 0.378 e. The van der Waals surface area contributed by atoms with E-state index in [0.717, 1.165) is 13.0 Å². The van der Waals surface area contributed by atoms with Crippen molar-refractivity contribution in [2.45, 2.75) is 110 Å². The van der Waals surface area contributed by atoms with E-state index < -0.39 is 0 Å². The summed E-state index contributed by atoms with van der Waals surface area (Å²) in [6.07, 6.45) is 21.2. The third-order valence-electron chi connectivity index (χ3n) is 5.49. The van der Waals surface area contributed by atoms with Crippen LogP contribution in [0.5, 0.6) is 0 Å². The first-order valence-corrected chi connectivity index (χ1v) is 12.2. The van der Waals surface area contributed by atoms with Gasteiger partial charge in [0, 0.05) is 6.61 Å². The molecule has 1 aromatic carbocycles. The lowest BCUT2D eigenvalue weighted by molar-refractivity contribution is -0.000516. The Morgan fingerprint density at radius 3 is 1.79 bits per heavy atom. The van der Waals surface area contributed by atoms with Crippen LogP contribution in [0.3, 0.4) is 0 Å². The van der Waals surface area contributed by atoms with E-state index >= 15 is 0 Å². The molecule has 0 aromatic heterocycles. The number of ether oxygens (including phenoxy) is 2. The molecular weight excluding hydrogens is 356 g/mol. The Labute approximate surface area is 181 Å². The highest BCUT2D eigenvalue weighted by molar-refractivity contribution is 5.13. The van der Waals surface area contributed by atoms with E-state index in [-0.39, 0.29) is 6.10 Å². The lowest BCUT2D eigenvalue weighted by Gasteiger charge is -2.14. The highest BCUT2D eigenvalue weighted by atomic mass is 16.5. The van der Waals surface area contributed by atoms with Crippen LogP contribution in [-0.4, -0.2) is 19.3 Å². The van der Waals surface area contributed by atoms with Crippen molar-refractivity contribution in [1.29, 1.82) is 0 Å². The van der Waals surface area contributed by atoms with Crippen molar-refractivity contribution in [3.05, 3.63) is 48.6 Å². The van der Waals surface area contributed by atoms with Crippen LogP contribution in [-0.2, 0) is 16.1 Å². The van der Waals surface area contributed by atoms with Gasteiger partial charge in [0.1, 0.15) is 0 Å². The molecule has 29 heavy (non-hydrogen) atoms. The third kappa shape index (κ3) is 16.4. The van der Waals surface area contributed by atoms with Crippen molar-refractivity contribution >= 4 is 0 Å². The van der Waals surface area contributed by atoms with Gasteiger partial charge in [0.05, 0.1) is 19.3 Å². The first kappa shape index (κ1) is 25.9. The fraction of sp³-hybridized carbons (Fsp3) is 0.704. The van der Waals surface area contributed by atoms with Crippen molar-refractivity contribution in [3.63, 3.8) is 0 Å². The Balaban J connectivity index is 1.81. The Morgan fingerprint density at radius 1 is 0.759 bits per heavy atom. The van der Waals surface area contributed by atoms with E-state index in [1.54, 1.807) is 0 Å². The molecule has 0 amide bonds. The molecular formula is C27H46O2. The maximum Gasteiger partial charge on any atom is 0.0991 e. The molecule has 166 valence electrons. The SMILES string of the molecule is C=CC(COCCCCCCCCCCCCCCCC)OCc1ccccc1. The minimum Gasteiger partial charge on any atom is -0.378 e. The molecule has 0 heterocycles. The summed E-state index contributed by atoms with van der Waals surface area (Å²) >= 11 is 0. The van der Waals surface area contributed by atoms with Crippen LogP contribution in [0.15, 0.2) is 43.0 Å². The molecule has 1 unspecified atom stereocenters. The minimum absolute atomic E-state index is 0.0261. The van der Waals surface area contributed by atoms with E-state index in [1.807, 2.05) is 24.3 Å². The first-order chi connectivity index (χ1) is 14.4. The molecule has 1 rings (SSSR count). The molecule has 1 aromatic rings. The van der Waals surface area contributed by atoms with Gasteiger partial charge in [-0.25, -0.2) is 0 Å². The monoisotopic (exact) mass is 402 g/mol. The predicted molar refractivity (Wildman–Crippen MR) is 126 cm³/mol. The van der Waals surface area contributed by atoms with E-state index in [1.165, 1.54) is 89.0 Å². The topological polar surface area (TPSA) is 18.5 Å². The van der Waals surface area contributed by atoms with Crippen LogP contribution in [0.2, 0.25) is 0 Å². The summed E-state index contributed by atoms with van der Waals surface area (Å²) in [4.78, 5) is 0. The maximum absolute atomic E-state index is 5.86. The van der Waals surface area contributed by atoms with Crippen molar-refractivity contribution < 1.29 is 9.47 Å². The van der Waals surface area contributed by atoms with E-state index in [4.69, 9.17) is 9.47 Å². The van der Waals surface area contributed by atoms with Crippen LogP contribution in [0.4, 0.5) is 0 Å². The van der Waals surface area contributed by atoms with Crippen LogP contribution in [0.1, 0.15) is 102 Å². The third-order valence-corrected chi connectivity index (χ3v) is 5.49. The van der Waals surface area contributed by atoms with Gasteiger partial charge < -0.3 is 9.47 Å². The summed E-state index contributed by atoms with van der Waals surface area (Å²) in [5.74, 6) is 0. The zero-order chi connectivity index (χ0) is 20.8. The molecule has 0 saturated heterocycles. The number of hydrogen-bond donors (Lipinski definition) is 0. The van der Waals surface area contributed by atoms with Crippen LogP contribution in [0.25, 0.3) is 0 Å². The lowest BCUT2D eigenvalue weighted by atomic mass is 10.0. The summed E-state index contributed by atoms with van der Waals surface area (Å²) in [6, 6.07) is 10.3. The fourth-order valence-electron chi connectivity index (χ4n) is 3.56. The van der Waals surface area contributed by atoms with Gasteiger partial charge in [-0.15, -0.1) is 6.58 Å². The zero-order valence-corrected chi connectivity index (χ0v) is 19.1. The van der Waals surface area contributed by atoms with Gasteiger partial charge in [-0.2, -0.15) is 0 Å². The van der Waals surface area contributed by atoms with Crippen molar-refractivity contribution in [1.82, 2.24) is 0 Å². The first-order valence-electron chi connectivity index (χ1n) is 12.2. The molecule has 2 heteroatoms. The van der Waals surface area contributed by atoms with Crippen LogP contribution in [0, 0.1) is 0 Å².